The quantitative estimate of drug-likeness (QED) is 0.910. The summed E-state index contributed by atoms with van der Waals surface area (Å²) < 4.78 is 45.0. The van der Waals surface area contributed by atoms with Crippen LogP contribution >= 0.6 is 0 Å². The Labute approximate surface area is 136 Å². The molecule has 0 bridgehead atoms. The first-order valence-corrected chi connectivity index (χ1v) is 7.48. The minimum Gasteiger partial charge on any atom is -0.469 e. The Morgan fingerprint density at radius 1 is 1.29 bits per heavy atom. The smallest absolute Gasteiger partial charge is 0.416 e. The second-order valence-corrected chi connectivity index (χ2v) is 5.84. The van der Waals surface area contributed by atoms with Gasteiger partial charge in [-0.05, 0) is 31.0 Å². The molecule has 1 saturated heterocycles. The lowest BCUT2D eigenvalue weighted by Crippen LogP contribution is -2.32. The number of aliphatic hydroxyl groups excluding tert-OH is 1. The van der Waals surface area contributed by atoms with Crippen LogP contribution in [0.15, 0.2) is 41.0 Å². The molecule has 3 rings (SSSR count). The first kappa shape index (κ1) is 16.6. The molecule has 2 atom stereocenters. The third-order valence-corrected chi connectivity index (χ3v) is 4.25. The summed E-state index contributed by atoms with van der Waals surface area (Å²) in [5, 5.41) is 9.94. The van der Waals surface area contributed by atoms with Crippen molar-refractivity contribution in [2.45, 2.75) is 31.7 Å². The van der Waals surface area contributed by atoms with Gasteiger partial charge in [-0.15, -0.1) is 0 Å². The van der Waals surface area contributed by atoms with Gasteiger partial charge in [0.15, 0.2) is 0 Å². The normalized spacial score (nSPS) is 21.3. The van der Waals surface area contributed by atoms with Crippen molar-refractivity contribution in [1.29, 1.82) is 0 Å². The minimum atomic E-state index is -4.52. The Hall–Kier alpha value is -2.28. The minimum absolute atomic E-state index is 0.00366. The third-order valence-electron chi connectivity index (χ3n) is 4.25. The molecule has 0 unspecified atom stereocenters. The van der Waals surface area contributed by atoms with Crippen LogP contribution in [0.2, 0.25) is 0 Å². The highest BCUT2D eigenvalue weighted by atomic mass is 19.4. The second kappa shape index (κ2) is 5.98. The molecular formula is C17H16F3NO3. The van der Waals surface area contributed by atoms with E-state index >= 15 is 0 Å². The lowest BCUT2D eigenvalue weighted by atomic mass is 9.97. The molecule has 1 aromatic carbocycles. The highest BCUT2D eigenvalue weighted by molar-refractivity contribution is 5.95. The SMILES string of the molecule is Cc1occc1C(=O)N1C[C@@H](O)C[C@@H]1c1ccccc1C(F)(F)F. The van der Waals surface area contributed by atoms with E-state index in [1.54, 1.807) is 6.92 Å². The number of amides is 1. The van der Waals surface area contributed by atoms with Crippen LogP contribution in [0.3, 0.4) is 0 Å². The zero-order chi connectivity index (χ0) is 17.5. The summed E-state index contributed by atoms with van der Waals surface area (Å²) in [7, 11) is 0. The Morgan fingerprint density at radius 3 is 2.62 bits per heavy atom. The fourth-order valence-electron chi connectivity index (χ4n) is 3.14. The molecule has 128 valence electrons. The summed E-state index contributed by atoms with van der Waals surface area (Å²) in [5.74, 6) is -0.0518. The molecule has 1 aliphatic rings. The second-order valence-electron chi connectivity index (χ2n) is 5.84. The number of hydrogen-bond donors (Lipinski definition) is 1. The van der Waals surface area contributed by atoms with Crippen molar-refractivity contribution in [2.24, 2.45) is 0 Å². The number of carbonyl (C=O) groups excluding carboxylic acids is 1. The zero-order valence-electron chi connectivity index (χ0n) is 12.9. The van der Waals surface area contributed by atoms with Gasteiger partial charge in [0.25, 0.3) is 5.91 Å². The van der Waals surface area contributed by atoms with Gasteiger partial charge in [-0.3, -0.25) is 4.79 Å². The molecule has 1 aliphatic heterocycles. The first-order valence-electron chi connectivity index (χ1n) is 7.48. The number of rotatable bonds is 2. The van der Waals surface area contributed by atoms with Gasteiger partial charge in [-0.25, -0.2) is 0 Å². The van der Waals surface area contributed by atoms with E-state index in [0.29, 0.717) is 11.3 Å². The maximum atomic E-state index is 13.3. The average Bonchev–Trinajstić information content (AvgIpc) is 3.11. The number of furan rings is 1. The fraction of sp³-hybridized carbons (Fsp3) is 0.353. The predicted molar refractivity (Wildman–Crippen MR) is 79.3 cm³/mol. The summed E-state index contributed by atoms with van der Waals surface area (Å²) in [4.78, 5) is 14.0. The van der Waals surface area contributed by atoms with E-state index in [2.05, 4.69) is 0 Å². The summed E-state index contributed by atoms with van der Waals surface area (Å²) in [6, 6.07) is 5.81. The molecule has 7 heteroatoms. The van der Waals surface area contributed by atoms with E-state index in [0.717, 1.165) is 6.07 Å². The lowest BCUT2D eigenvalue weighted by molar-refractivity contribution is -0.138. The Kier molecular flexibility index (Phi) is 4.13. The van der Waals surface area contributed by atoms with Crippen LogP contribution in [0, 0.1) is 6.92 Å². The largest absolute Gasteiger partial charge is 0.469 e. The van der Waals surface area contributed by atoms with E-state index in [9.17, 15) is 23.1 Å². The number of hydrogen-bond acceptors (Lipinski definition) is 3. The highest BCUT2D eigenvalue weighted by Crippen LogP contribution is 2.41. The van der Waals surface area contributed by atoms with E-state index in [-0.39, 0.29) is 18.5 Å². The maximum absolute atomic E-state index is 13.3. The summed E-state index contributed by atoms with van der Waals surface area (Å²) in [6.45, 7) is 1.60. The molecule has 1 fully saturated rings. The molecule has 0 aliphatic carbocycles. The average molecular weight is 339 g/mol. The molecule has 2 heterocycles. The summed E-state index contributed by atoms with van der Waals surface area (Å²) in [6.07, 6.45) is -3.97. The van der Waals surface area contributed by atoms with Gasteiger partial charge in [-0.2, -0.15) is 13.2 Å². The standard InChI is InChI=1S/C17H16F3NO3/c1-10-12(6-7-24-10)16(23)21-9-11(22)8-15(21)13-4-2-3-5-14(13)17(18,19)20/h2-7,11,15,22H,8-9H2,1H3/t11-,15+/m0/s1. The molecule has 0 saturated carbocycles. The molecule has 4 nitrogen and oxygen atoms in total. The number of carbonyl (C=O) groups is 1. The molecule has 0 spiro atoms. The van der Waals surface area contributed by atoms with Gasteiger partial charge < -0.3 is 14.4 Å². The van der Waals surface area contributed by atoms with Gasteiger partial charge in [0, 0.05) is 6.54 Å². The number of aryl methyl sites for hydroxylation is 1. The van der Waals surface area contributed by atoms with Crippen molar-refractivity contribution in [3.8, 4) is 0 Å². The number of nitrogens with zero attached hydrogens (tertiary/aromatic N) is 1. The molecule has 24 heavy (non-hydrogen) atoms. The zero-order valence-corrected chi connectivity index (χ0v) is 12.9. The number of benzene rings is 1. The van der Waals surface area contributed by atoms with Crippen molar-refractivity contribution in [3.63, 3.8) is 0 Å². The number of aliphatic hydroxyl groups is 1. The topological polar surface area (TPSA) is 53.7 Å². The lowest BCUT2D eigenvalue weighted by Gasteiger charge is -2.27. The number of likely N-dealkylation sites (tertiary alicyclic amines) is 1. The van der Waals surface area contributed by atoms with Crippen LogP contribution < -0.4 is 0 Å². The number of alkyl halides is 3. The Bertz CT molecular complexity index is 754. The fourth-order valence-corrected chi connectivity index (χ4v) is 3.14. The van der Waals surface area contributed by atoms with Crippen LogP contribution in [-0.2, 0) is 6.18 Å². The van der Waals surface area contributed by atoms with Crippen molar-refractivity contribution < 1.29 is 27.5 Å². The van der Waals surface area contributed by atoms with Crippen LogP contribution in [0.1, 0.15) is 39.7 Å². The van der Waals surface area contributed by atoms with Crippen molar-refractivity contribution >= 4 is 5.91 Å². The van der Waals surface area contributed by atoms with Crippen molar-refractivity contribution in [3.05, 3.63) is 59.0 Å². The van der Waals surface area contributed by atoms with Gasteiger partial charge in [0.1, 0.15) is 5.76 Å². The third kappa shape index (κ3) is 2.91. The van der Waals surface area contributed by atoms with E-state index in [4.69, 9.17) is 4.42 Å². The van der Waals surface area contributed by atoms with E-state index in [1.165, 1.54) is 35.4 Å². The van der Waals surface area contributed by atoms with E-state index in [1.807, 2.05) is 0 Å². The Balaban J connectivity index is 2.01. The predicted octanol–water partition coefficient (Wildman–Crippen LogP) is 3.55. The Morgan fingerprint density at radius 2 is 2.00 bits per heavy atom. The highest BCUT2D eigenvalue weighted by Gasteiger charge is 2.41. The maximum Gasteiger partial charge on any atom is 0.416 e. The number of halogens is 3. The van der Waals surface area contributed by atoms with Crippen LogP contribution in [-0.4, -0.2) is 28.6 Å². The molecule has 2 aromatic rings. The van der Waals surface area contributed by atoms with Gasteiger partial charge >= 0.3 is 6.18 Å². The summed E-state index contributed by atoms with van der Waals surface area (Å²) in [5.41, 5.74) is -0.500. The first-order chi connectivity index (χ1) is 11.3. The van der Waals surface area contributed by atoms with Crippen LogP contribution in [0.25, 0.3) is 0 Å². The number of β-amino-alcohol motifs (C(OH)–C–C–N with tert-alkyl or cyclic N) is 1. The van der Waals surface area contributed by atoms with Crippen LogP contribution in [0.5, 0.6) is 0 Å². The molecular weight excluding hydrogens is 323 g/mol. The molecule has 0 radical (unpaired) electrons. The van der Waals surface area contributed by atoms with Crippen molar-refractivity contribution in [1.82, 2.24) is 4.90 Å². The molecule has 1 aromatic heterocycles. The van der Waals surface area contributed by atoms with Crippen LogP contribution in [0.4, 0.5) is 13.2 Å². The van der Waals surface area contributed by atoms with Gasteiger partial charge in [0.05, 0.1) is 29.5 Å². The van der Waals surface area contributed by atoms with E-state index < -0.39 is 29.8 Å². The van der Waals surface area contributed by atoms with Gasteiger partial charge in [-0.1, -0.05) is 18.2 Å². The van der Waals surface area contributed by atoms with Crippen molar-refractivity contribution in [2.75, 3.05) is 6.54 Å². The molecule has 1 amide bonds. The molecule has 1 N–H and O–H groups in total. The summed E-state index contributed by atoms with van der Waals surface area (Å²) >= 11 is 0. The monoisotopic (exact) mass is 339 g/mol. The van der Waals surface area contributed by atoms with Gasteiger partial charge in [0.2, 0.25) is 0 Å².